The molecule has 1 aliphatic rings. The molecule has 3 aromatic rings. The molecule has 1 unspecified atom stereocenters. The molecule has 8 nitrogen and oxygen atoms in total. The maximum absolute atomic E-state index is 13.5. The van der Waals surface area contributed by atoms with Crippen molar-refractivity contribution in [2.45, 2.75) is 39.2 Å². The summed E-state index contributed by atoms with van der Waals surface area (Å²) in [5.74, 6) is -1.93. The van der Waals surface area contributed by atoms with Gasteiger partial charge in [0.05, 0.1) is 35.9 Å². The molecule has 0 saturated carbocycles. The fourth-order valence-corrected chi connectivity index (χ4v) is 4.50. The van der Waals surface area contributed by atoms with Gasteiger partial charge in [-0.1, -0.05) is 39.0 Å². The third-order valence-electron chi connectivity index (χ3n) is 6.50. The van der Waals surface area contributed by atoms with Gasteiger partial charge in [0, 0.05) is 12.6 Å². The third kappa shape index (κ3) is 5.25. The van der Waals surface area contributed by atoms with E-state index in [0.717, 1.165) is 5.56 Å². The first kappa shape index (κ1) is 27.1. The van der Waals surface area contributed by atoms with Crippen molar-refractivity contribution in [2.24, 2.45) is 0 Å². The summed E-state index contributed by atoms with van der Waals surface area (Å²) in [6.45, 7) is 7.35. The Balaban J connectivity index is 1.96. The highest BCUT2D eigenvalue weighted by Crippen LogP contribution is 2.44. The highest BCUT2D eigenvalue weighted by Gasteiger charge is 2.47. The van der Waals surface area contributed by atoms with E-state index in [0.29, 0.717) is 28.3 Å². The van der Waals surface area contributed by atoms with Crippen molar-refractivity contribution in [1.29, 1.82) is 5.26 Å². The summed E-state index contributed by atoms with van der Waals surface area (Å²) in [5.41, 5.74) is 2.07. The largest absolute Gasteiger partial charge is 0.507 e. The lowest BCUT2D eigenvalue weighted by Crippen LogP contribution is -2.29. The predicted octanol–water partition coefficient (Wildman–Crippen LogP) is 5.42. The number of carbonyl (C=O) groups is 3. The number of nitrogens with zero attached hydrogens (tertiary/aromatic N) is 2. The van der Waals surface area contributed by atoms with Gasteiger partial charge in [0.2, 0.25) is 0 Å². The van der Waals surface area contributed by atoms with Gasteiger partial charge in [-0.15, -0.1) is 0 Å². The zero-order chi connectivity index (χ0) is 28.5. The minimum Gasteiger partial charge on any atom is -0.507 e. The van der Waals surface area contributed by atoms with Gasteiger partial charge in [-0.05, 0) is 65.1 Å². The Labute approximate surface area is 226 Å². The van der Waals surface area contributed by atoms with Gasteiger partial charge in [-0.3, -0.25) is 19.3 Å². The topological polar surface area (TPSA) is 117 Å². The summed E-state index contributed by atoms with van der Waals surface area (Å²) < 4.78 is 10.6. The van der Waals surface area contributed by atoms with Gasteiger partial charge >= 0.3 is 5.97 Å². The number of methoxy groups -OCH3 is 1. The van der Waals surface area contributed by atoms with Crippen LogP contribution in [0.2, 0.25) is 0 Å². The number of nitriles is 1. The van der Waals surface area contributed by atoms with E-state index >= 15 is 0 Å². The number of aliphatic hydroxyl groups is 1. The predicted molar refractivity (Wildman–Crippen MR) is 145 cm³/mol. The number of ether oxygens (including phenoxy) is 2. The Morgan fingerprint density at radius 2 is 1.64 bits per heavy atom. The van der Waals surface area contributed by atoms with Gasteiger partial charge in [0.15, 0.2) is 0 Å². The smallest absolute Gasteiger partial charge is 0.308 e. The molecule has 3 aromatic carbocycles. The van der Waals surface area contributed by atoms with Gasteiger partial charge in [-0.2, -0.15) is 5.26 Å². The average molecular weight is 525 g/mol. The van der Waals surface area contributed by atoms with Crippen molar-refractivity contribution in [3.8, 4) is 17.6 Å². The monoisotopic (exact) mass is 524 g/mol. The second-order valence-corrected chi connectivity index (χ2v) is 10.2. The number of carbonyl (C=O) groups excluding carboxylic acids is 3. The molecule has 0 aromatic heterocycles. The van der Waals surface area contributed by atoms with Gasteiger partial charge in [-0.25, -0.2) is 0 Å². The van der Waals surface area contributed by atoms with Crippen LogP contribution in [0, 0.1) is 11.3 Å². The summed E-state index contributed by atoms with van der Waals surface area (Å²) in [6.07, 6.45) is 0. The quantitative estimate of drug-likeness (QED) is 0.156. The maximum atomic E-state index is 13.5. The van der Waals surface area contributed by atoms with Crippen LogP contribution in [-0.2, 0) is 19.8 Å². The van der Waals surface area contributed by atoms with E-state index in [9.17, 15) is 24.8 Å². The molecule has 1 heterocycles. The number of anilines is 1. The average Bonchev–Trinajstić information content (AvgIpc) is 3.17. The Morgan fingerprint density at radius 3 is 2.18 bits per heavy atom. The molecule has 1 aliphatic heterocycles. The summed E-state index contributed by atoms with van der Waals surface area (Å²) in [4.78, 5) is 39.7. The number of Topliss-reactive ketones (excluding diaryl/α,β-unsaturated/α-hetero) is 1. The van der Waals surface area contributed by atoms with E-state index in [1.807, 2.05) is 32.9 Å². The molecule has 0 bridgehead atoms. The molecule has 1 atom stereocenters. The van der Waals surface area contributed by atoms with Crippen LogP contribution in [0.3, 0.4) is 0 Å². The number of hydrogen-bond donors (Lipinski definition) is 1. The first-order chi connectivity index (χ1) is 18.5. The van der Waals surface area contributed by atoms with Crippen LogP contribution in [-0.4, -0.2) is 29.9 Å². The van der Waals surface area contributed by atoms with E-state index < -0.39 is 23.7 Å². The second kappa shape index (κ2) is 10.5. The zero-order valence-corrected chi connectivity index (χ0v) is 22.3. The van der Waals surface area contributed by atoms with Crippen molar-refractivity contribution >= 4 is 29.1 Å². The third-order valence-corrected chi connectivity index (χ3v) is 6.50. The number of aliphatic hydroxyl groups excluding tert-OH is 1. The lowest BCUT2D eigenvalue weighted by Gasteiger charge is -2.26. The number of benzene rings is 3. The number of amides is 1. The fraction of sp³-hybridized carbons (Fsp3) is 0.226. The van der Waals surface area contributed by atoms with E-state index in [2.05, 4.69) is 0 Å². The van der Waals surface area contributed by atoms with Crippen LogP contribution >= 0.6 is 0 Å². The first-order valence-electron chi connectivity index (χ1n) is 12.2. The van der Waals surface area contributed by atoms with Crippen LogP contribution in [0.1, 0.15) is 56.0 Å². The normalized spacial score (nSPS) is 16.6. The van der Waals surface area contributed by atoms with E-state index in [1.165, 1.54) is 18.9 Å². The minimum absolute atomic E-state index is 0.117. The van der Waals surface area contributed by atoms with E-state index in [-0.39, 0.29) is 22.3 Å². The van der Waals surface area contributed by atoms with Crippen LogP contribution in [0.25, 0.3) is 5.76 Å². The lowest BCUT2D eigenvalue weighted by atomic mass is 9.85. The van der Waals surface area contributed by atoms with Crippen molar-refractivity contribution in [3.05, 3.63) is 94.6 Å². The van der Waals surface area contributed by atoms with Gasteiger partial charge < -0.3 is 14.6 Å². The lowest BCUT2D eigenvalue weighted by molar-refractivity contribution is -0.132. The SMILES string of the molecule is COc1ccc(C(C)(C)C)cc1/C(O)=C1\C(=O)C(=O)N(c2ccc(C#N)cc2)C1c1ccc(OC(C)=O)cc1. The molecule has 0 radical (unpaired) electrons. The van der Waals surface area contributed by atoms with Crippen LogP contribution < -0.4 is 14.4 Å². The van der Waals surface area contributed by atoms with Crippen molar-refractivity contribution in [1.82, 2.24) is 0 Å². The Kier molecular flexibility index (Phi) is 7.28. The Bertz CT molecular complexity index is 1520. The summed E-state index contributed by atoms with van der Waals surface area (Å²) in [7, 11) is 1.46. The Hall–Kier alpha value is -4.90. The fourth-order valence-electron chi connectivity index (χ4n) is 4.50. The second-order valence-electron chi connectivity index (χ2n) is 10.2. The van der Waals surface area contributed by atoms with E-state index in [4.69, 9.17) is 9.47 Å². The molecule has 1 amide bonds. The highest BCUT2D eigenvalue weighted by molar-refractivity contribution is 6.51. The van der Waals surface area contributed by atoms with Crippen molar-refractivity contribution < 1.29 is 29.0 Å². The molecule has 8 heteroatoms. The summed E-state index contributed by atoms with van der Waals surface area (Å²) >= 11 is 0. The zero-order valence-electron chi connectivity index (χ0n) is 22.3. The molecule has 1 saturated heterocycles. The minimum atomic E-state index is -1.01. The van der Waals surface area contributed by atoms with Gasteiger partial charge in [0.1, 0.15) is 17.3 Å². The standard InChI is InChI=1S/C31H28N2O6/c1-18(34)39-23-13-8-20(9-14-23)27-26(28(35)24-16-21(31(2,3)4)10-15-25(24)38-5)29(36)30(37)33(27)22-11-6-19(17-32)7-12-22/h6-16,27,35H,1-5H3/b28-26+. The molecule has 0 aliphatic carbocycles. The first-order valence-corrected chi connectivity index (χ1v) is 12.2. The number of hydrogen-bond acceptors (Lipinski definition) is 7. The highest BCUT2D eigenvalue weighted by atomic mass is 16.5. The molecule has 198 valence electrons. The van der Waals surface area contributed by atoms with Crippen LogP contribution in [0.4, 0.5) is 5.69 Å². The van der Waals surface area contributed by atoms with Crippen LogP contribution in [0.15, 0.2) is 72.3 Å². The van der Waals surface area contributed by atoms with Crippen LogP contribution in [0.5, 0.6) is 11.5 Å². The van der Waals surface area contributed by atoms with Crippen molar-refractivity contribution in [3.63, 3.8) is 0 Å². The summed E-state index contributed by atoms with van der Waals surface area (Å²) in [6, 6.07) is 19.0. The summed E-state index contributed by atoms with van der Waals surface area (Å²) in [5, 5.41) is 20.9. The molecule has 39 heavy (non-hydrogen) atoms. The Morgan fingerprint density at radius 1 is 1.00 bits per heavy atom. The molecular weight excluding hydrogens is 496 g/mol. The molecule has 4 rings (SSSR count). The molecule has 1 N–H and O–H groups in total. The van der Waals surface area contributed by atoms with Crippen molar-refractivity contribution in [2.75, 3.05) is 12.0 Å². The molecule has 1 fully saturated rings. The van der Waals surface area contributed by atoms with Gasteiger partial charge in [0.25, 0.3) is 11.7 Å². The number of rotatable bonds is 5. The number of ketones is 1. The maximum Gasteiger partial charge on any atom is 0.308 e. The molecular formula is C31H28N2O6. The molecule has 0 spiro atoms. The van der Waals surface area contributed by atoms with E-state index in [1.54, 1.807) is 60.7 Å². The number of esters is 1.